The molecule has 0 saturated carbocycles. The van der Waals surface area contributed by atoms with Crippen LogP contribution in [0, 0.1) is 0 Å². The van der Waals surface area contributed by atoms with E-state index < -0.39 is 0 Å². The number of pyridine rings is 1. The van der Waals surface area contributed by atoms with Gasteiger partial charge in [0.25, 0.3) is 5.91 Å². The first kappa shape index (κ1) is 16.5. The number of rotatable bonds is 4. The summed E-state index contributed by atoms with van der Waals surface area (Å²) in [7, 11) is 0. The number of ether oxygens (including phenoxy) is 1. The van der Waals surface area contributed by atoms with Gasteiger partial charge in [0.1, 0.15) is 11.9 Å². The zero-order chi connectivity index (χ0) is 17.9. The summed E-state index contributed by atoms with van der Waals surface area (Å²) < 4.78 is 5.37. The van der Waals surface area contributed by atoms with Crippen LogP contribution in [0.15, 0.2) is 48.7 Å². The number of urea groups is 1. The molecule has 26 heavy (non-hydrogen) atoms. The second-order valence-corrected chi connectivity index (χ2v) is 6.32. The molecule has 1 unspecified atom stereocenters. The number of aromatic nitrogens is 1. The smallest absolute Gasteiger partial charge is 0.330 e. The van der Waals surface area contributed by atoms with E-state index in [4.69, 9.17) is 4.74 Å². The number of nitrogens with zero attached hydrogens (tertiary/aromatic N) is 3. The van der Waals surface area contributed by atoms with Crippen molar-refractivity contribution in [1.29, 1.82) is 0 Å². The number of benzene rings is 1. The molecule has 7 nitrogen and oxygen atoms in total. The Labute approximate surface area is 151 Å². The van der Waals surface area contributed by atoms with Crippen molar-refractivity contribution in [2.24, 2.45) is 0 Å². The minimum Gasteiger partial charge on any atom is -0.368 e. The van der Waals surface area contributed by atoms with Crippen molar-refractivity contribution < 1.29 is 14.3 Å². The molecule has 2 aliphatic heterocycles. The Morgan fingerprint density at radius 3 is 2.62 bits per heavy atom. The summed E-state index contributed by atoms with van der Waals surface area (Å²) in [5.41, 5.74) is 1.47. The third kappa shape index (κ3) is 3.25. The maximum atomic E-state index is 12.7. The predicted octanol–water partition coefficient (Wildman–Crippen LogP) is 2.65. The number of hydrogen-bond acceptors (Lipinski definition) is 4. The highest BCUT2D eigenvalue weighted by Crippen LogP contribution is 2.24. The quantitative estimate of drug-likeness (QED) is 0.918. The standard InChI is InChI=1S/C19H20N4O3/c24-18(16-7-4-12-26-16)21-14-8-9-17(20-13-14)23-11-10-22(19(23)25)15-5-2-1-3-6-15/h1-3,5-6,8-9,13,16H,4,7,10-12H2,(H,21,24). The van der Waals surface area contributed by atoms with Gasteiger partial charge in [-0.1, -0.05) is 18.2 Å². The predicted molar refractivity (Wildman–Crippen MR) is 98.4 cm³/mol. The Morgan fingerprint density at radius 1 is 1.12 bits per heavy atom. The molecule has 3 amide bonds. The van der Waals surface area contributed by atoms with Crippen LogP contribution in [0.25, 0.3) is 0 Å². The molecule has 1 N–H and O–H groups in total. The summed E-state index contributed by atoms with van der Waals surface area (Å²) in [4.78, 5) is 32.5. The summed E-state index contributed by atoms with van der Waals surface area (Å²) in [5, 5.41) is 2.81. The van der Waals surface area contributed by atoms with E-state index in [0.717, 1.165) is 18.5 Å². The summed E-state index contributed by atoms with van der Waals surface area (Å²) >= 11 is 0. The number of para-hydroxylation sites is 1. The van der Waals surface area contributed by atoms with Crippen molar-refractivity contribution in [3.63, 3.8) is 0 Å². The van der Waals surface area contributed by atoms with E-state index in [1.807, 2.05) is 30.3 Å². The molecule has 2 saturated heterocycles. The van der Waals surface area contributed by atoms with Crippen LogP contribution < -0.4 is 15.1 Å². The van der Waals surface area contributed by atoms with Crippen LogP contribution in [0.5, 0.6) is 0 Å². The fourth-order valence-electron chi connectivity index (χ4n) is 3.22. The van der Waals surface area contributed by atoms with Crippen molar-refractivity contribution in [1.82, 2.24) is 4.98 Å². The molecule has 1 aromatic heterocycles. The van der Waals surface area contributed by atoms with Gasteiger partial charge in [-0.05, 0) is 37.1 Å². The lowest BCUT2D eigenvalue weighted by Gasteiger charge is -2.18. The molecule has 3 heterocycles. The van der Waals surface area contributed by atoms with Gasteiger partial charge in [0.2, 0.25) is 0 Å². The summed E-state index contributed by atoms with van der Waals surface area (Å²) in [6, 6.07) is 13.0. The van der Waals surface area contributed by atoms with E-state index in [-0.39, 0.29) is 18.0 Å². The molecule has 1 atom stereocenters. The van der Waals surface area contributed by atoms with Crippen LogP contribution in [0.4, 0.5) is 22.0 Å². The Morgan fingerprint density at radius 2 is 1.92 bits per heavy atom. The molecule has 2 aliphatic rings. The van der Waals surface area contributed by atoms with Gasteiger partial charge in [-0.15, -0.1) is 0 Å². The average Bonchev–Trinajstić information content (AvgIpc) is 3.33. The summed E-state index contributed by atoms with van der Waals surface area (Å²) in [6.45, 7) is 1.81. The topological polar surface area (TPSA) is 74.8 Å². The van der Waals surface area contributed by atoms with Gasteiger partial charge in [-0.3, -0.25) is 14.6 Å². The van der Waals surface area contributed by atoms with Gasteiger partial charge in [-0.2, -0.15) is 0 Å². The monoisotopic (exact) mass is 352 g/mol. The molecule has 7 heteroatoms. The highest BCUT2D eigenvalue weighted by Gasteiger charge is 2.31. The van der Waals surface area contributed by atoms with Crippen LogP contribution in [0.1, 0.15) is 12.8 Å². The first-order chi connectivity index (χ1) is 12.7. The van der Waals surface area contributed by atoms with E-state index in [1.54, 1.807) is 28.1 Å². The maximum Gasteiger partial charge on any atom is 0.330 e. The van der Waals surface area contributed by atoms with Gasteiger partial charge >= 0.3 is 6.03 Å². The number of carbonyl (C=O) groups excluding carboxylic acids is 2. The SMILES string of the molecule is O=C(Nc1ccc(N2CCN(c3ccccc3)C2=O)nc1)C1CCCO1. The molecule has 0 bridgehead atoms. The molecule has 0 radical (unpaired) electrons. The normalized spacial score (nSPS) is 19.8. The molecule has 1 aromatic carbocycles. The molecule has 4 rings (SSSR count). The second-order valence-electron chi connectivity index (χ2n) is 6.32. The fourth-order valence-corrected chi connectivity index (χ4v) is 3.22. The first-order valence-electron chi connectivity index (χ1n) is 8.75. The Balaban J connectivity index is 1.42. The minimum atomic E-state index is -0.380. The number of amides is 3. The highest BCUT2D eigenvalue weighted by molar-refractivity contribution is 6.05. The second kappa shape index (κ2) is 7.13. The Hall–Kier alpha value is -2.93. The van der Waals surface area contributed by atoms with E-state index >= 15 is 0 Å². The van der Waals surface area contributed by atoms with Crippen LogP contribution in [-0.4, -0.2) is 42.7 Å². The molecule has 0 aliphatic carbocycles. The number of nitrogens with one attached hydrogen (secondary N) is 1. The molecular weight excluding hydrogens is 332 g/mol. The third-order valence-corrected chi connectivity index (χ3v) is 4.59. The van der Waals surface area contributed by atoms with Crippen LogP contribution >= 0.6 is 0 Å². The highest BCUT2D eigenvalue weighted by atomic mass is 16.5. The lowest BCUT2D eigenvalue weighted by Crippen LogP contribution is -2.32. The average molecular weight is 352 g/mol. The molecule has 2 fully saturated rings. The van der Waals surface area contributed by atoms with Gasteiger partial charge in [0.05, 0.1) is 11.9 Å². The lowest BCUT2D eigenvalue weighted by molar-refractivity contribution is -0.124. The lowest BCUT2D eigenvalue weighted by atomic mass is 10.2. The molecule has 2 aromatic rings. The van der Waals surface area contributed by atoms with Crippen LogP contribution in [0.2, 0.25) is 0 Å². The zero-order valence-electron chi connectivity index (χ0n) is 14.3. The molecule has 134 valence electrons. The maximum absolute atomic E-state index is 12.7. The van der Waals surface area contributed by atoms with Crippen LogP contribution in [-0.2, 0) is 9.53 Å². The number of carbonyl (C=O) groups is 2. The van der Waals surface area contributed by atoms with E-state index in [2.05, 4.69) is 10.3 Å². The van der Waals surface area contributed by atoms with E-state index in [0.29, 0.717) is 31.2 Å². The van der Waals surface area contributed by atoms with Crippen molar-refractivity contribution in [3.8, 4) is 0 Å². The van der Waals surface area contributed by atoms with Crippen LogP contribution in [0.3, 0.4) is 0 Å². The number of hydrogen-bond donors (Lipinski definition) is 1. The van der Waals surface area contributed by atoms with Crippen molar-refractivity contribution in [2.75, 3.05) is 34.8 Å². The van der Waals surface area contributed by atoms with Gasteiger partial charge in [-0.25, -0.2) is 9.78 Å². The van der Waals surface area contributed by atoms with Crippen molar-refractivity contribution >= 4 is 29.1 Å². The Bertz CT molecular complexity index is 788. The Kier molecular flexibility index (Phi) is 4.53. The summed E-state index contributed by atoms with van der Waals surface area (Å²) in [6.07, 6.45) is 2.84. The van der Waals surface area contributed by atoms with Crippen molar-refractivity contribution in [2.45, 2.75) is 18.9 Å². The minimum absolute atomic E-state index is 0.0974. The molecular formula is C19H20N4O3. The zero-order valence-corrected chi connectivity index (χ0v) is 14.3. The van der Waals surface area contributed by atoms with E-state index in [9.17, 15) is 9.59 Å². The fraction of sp³-hybridized carbons (Fsp3) is 0.316. The van der Waals surface area contributed by atoms with Gasteiger partial charge < -0.3 is 10.1 Å². The first-order valence-corrected chi connectivity index (χ1v) is 8.75. The largest absolute Gasteiger partial charge is 0.368 e. The summed E-state index contributed by atoms with van der Waals surface area (Å²) in [5.74, 6) is 0.424. The third-order valence-electron chi connectivity index (χ3n) is 4.59. The molecule has 0 spiro atoms. The van der Waals surface area contributed by atoms with Gasteiger partial charge in [0.15, 0.2) is 0 Å². The van der Waals surface area contributed by atoms with E-state index in [1.165, 1.54) is 0 Å². The van der Waals surface area contributed by atoms with Gasteiger partial charge in [0, 0.05) is 25.4 Å². The van der Waals surface area contributed by atoms with Crippen molar-refractivity contribution in [3.05, 3.63) is 48.7 Å². The number of anilines is 3.